The Morgan fingerprint density at radius 3 is 2.52 bits per heavy atom. The first-order valence-electron chi connectivity index (χ1n) is 6.54. The van der Waals surface area contributed by atoms with E-state index < -0.39 is 17.0 Å². The molecule has 0 heterocycles. The highest BCUT2D eigenvalue weighted by molar-refractivity contribution is 5.94. The molecule has 3 N–H and O–H groups in total. The van der Waals surface area contributed by atoms with E-state index >= 15 is 0 Å². The van der Waals surface area contributed by atoms with Crippen molar-refractivity contribution in [2.45, 2.75) is 33.3 Å². The summed E-state index contributed by atoms with van der Waals surface area (Å²) in [5.74, 6) is -1.18. The van der Waals surface area contributed by atoms with Crippen molar-refractivity contribution >= 4 is 17.3 Å². The number of rotatable bonds is 6. The van der Waals surface area contributed by atoms with Gasteiger partial charge in [-0.15, -0.1) is 0 Å². The van der Waals surface area contributed by atoms with Crippen molar-refractivity contribution in [2.24, 2.45) is 5.41 Å². The van der Waals surface area contributed by atoms with Gasteiger partial charge in [-0.05, 0) is 17.9 Å². The van der Waals surface area contributed by atoms with Crippen LogP contribution < -0.4 is 5.32 Å². The van der Waals surface area contributed by atoms with E-state index in [1.165, 1.54) is 6.07 Å². The van der Waals surface area contributed by atoms with Crippen molar-refractivity contribution in [3.63, 3.8) is 0 Å². The minimum absolute atomic E-state index is 0.0661. The van der Waals surface area contributed by atoms with Gasteiger partial charge in [0.15, 0.2) is 0 Å². The van der Waals surface area contributed by atoms with Gasteiger partial charge in [-0.2, -0.15) is 0 Å². The van der Waals surface area contributed by atoms with E-state index in [2.05, 4.69) is 5.32 Å². The van der Waals surface area contributed by atoms with Gasteiger partial charge in [-0.25, -0.2) is 4.79 Å². The topological polar surface area (TPSA) is 113 Å². The predicted molar refractivity (Wildman–Crippen MR) is 78.6 cm³/mol. The van der Waals surface area contributed by atoms with Gasteiger partial charge < -0.3 is 15.5 Å². The summed E-state index contributed by atoms with van der Waals surface area (Å²) in [4.78, 5) is 21.3. The van der Waals surface area contributed by atoms with E-state index in [1.807, 2.05) is 20.8 Å². The van der Waals surface area contributed by atoms with E-state index in [4.69, 9.17) is 5.11 Å². The number of carboxylic acid groups (broad SMARTS) is 1. The van der Waals surface area contributed by atoms with Crippen molar-refractivity contribution < 1.29 is 19.9 Å². The first kappa shape index (κ1) is 16.9. The predicted octanol–water partition coefficient (Wildman–Crippen LogP) is 2.50. The number of carboxylic acids is 1. The number of nitro groups is 1. The highest BCUT2D eigenvalue weighted by atomic mass is 16.6. The molecule has 1 unspecified atom stereocenters. The third-order valence-electron chi connectivity index (χ3n) is 2.82. The first-order valence-corrected chi connectivity index (χ1v) is 6.54. The molecule has 0 amide bonds. The molecule has 0 aliphatic carbocycles. The molecule has 0 radical (unpaired) electrons. The quantitative estimate of drug-likeness (QED) is 0.549. The number of aliphatic hydroxyl groups is 1. The molecular weight excluding hydrogens is 276 g/mol. The highest BCUT2D eigenvalue weighted by Gasteiger charge is 2.19. The second-order valence-electron chi connectivity index (χ2n) is 6.09. The molecule has 7 heteroatoms. The summed E-state index contributed by atoms with van der Waals surface area (Å²) in [7, 11) is 0. The lowest BCUT2D eigenvalue weighted by molar-refractivity contribution is -0.384. The van der Waals surface area contributed by atoms with Crippen LogP contribution in [0.2, 0.25) is 0 Å². The van der Waals surface area contributed by atoms with Crippen LogP contribution in [-0.4, -0.2) is 33.8 Å². The average molecular weight is 296 g/mol. The van der Waals surface area contributed by atoms with Gasteiger partial charge in [-0.1, -0.05) is 20.8 Å². The van der Waals surface area contributed by atoms with Crippen molar-refractivity contribution in [3.05, 3.63) is 33.9 Å². The Labute approximate surface area is 122 Å². The van der Waals surface area contributed by atoms with E-state index in [-0.39, 0.29) is 28.9 Å². The molecule has 1 aromatic carbocycles. The normalized spacial score (nSPS) is 12.8. The smallest absolute Gasteiger partial charge is 0.337 e. The molecule has 1 atom stereocenters. The average Bonchev–Trinajstić information content (AvgIpc) is 2.33. The maximum atomic E-state index is 11.1. The first-order chi connectivity index (χ1) is 9.60. The molecule has 0 saturated heterocycles. The molecule has 0 spiro atoms. The molecule has 0 bridgehead atoms. The number of anilines is 1. The number of benzene rings is 1. The fourth-order valence-corrected chi connectivity index (χ4v) is 1.99. The summed E-state index contributed by atoms with van der Waals surface area (Å²) in [5.41, 5.74) is -0.208. The van der Waals surface area contributed by atoms with Gasteiger partial charge >= 0.3 is 5.97 Å². The van der Waals surface area contributed by atoms with E-state index in [9.17, 15) is 20.0 Å². The van der Waals surface area contributed by atoms with Crippen molar-refractivity contribution in [1.29, 1.82) is 0 Å². The fraction of sp³-hybridized carbons (Fsp3) is 0.500. The number of aliphatic hydroxyl groups excluding tert-OH is 1. The number of carbonyl (C=O) groups is 1. The lowest BCUT2D eigenvalue weighted by Gasteiger charge is -2.23. The minimum Gasteiger partial charge on any atom is -0.478 e. The minimum atomic E-state index is -1.18. The van der Waals surface area contributed by atoms with Crippen LogP contribution in [0, 0.1) is 15.5 Å². The standard InChI is InChI=1S/C14H20N2O5/c1-14(2,3)7-10(17)8-15-12-6-9(16(20)21)4-5-11(12)13(18)19/h4-6,10,15,17H,7-8H2,1-3H3,(H,18,19). The summed E-state index contributed by atoms with van der Waals surface area (Å²) >= 11 is 0. The molecule has 0 aliphatic heterocycles. The molecular formula is C14H20N2O5. The van der Waals surface area contributed by atoms with Crippen LogP contribution in [0.5, 0.6) is 0 Å². The summed E-state index contributed by atoms with van der Waals surface area (Å²) in [6.07, 6.45) is -0.150. The number of nitro benzene ring substituents is 1. The van der Waals surface area contributed by atoms with Gasteiger partial charge in [0.2, 0.25) is 0 Å². The molecule has 0 aromatic heterocycles. The SMILES string of the molecule is CC(C)(C)CC(O)CNc1cc([N+](=O)[O-])ccc1C(=O)O. The van der Waals surface area contributed by atoms with Crippen LogP contribution in [-0.2, 0) is 0 Å². The second-order valence-corrected chi connectivity index (χ2v) is 6.09. The Morgan fingerprint density at radius 2 is 2.05 bits per heavy atom. The zero-order valence-electron chi connectivity index (χ0n) is 12.3. The van der Waals surface area contributed by atoms with Crippen LogP contribution in [0.1, 0.15) is 37.6 Å². The van der Waals surface area contributed by atoms with Crippen LogP contribution in [0.15, 0.2) is 18.2 Å². The Hall–Kier alpha value is -2.15. The molecule has 116 valence electrons. The molecule has 1 rings (SSSR count). The van der Waals surface area contributed by atoms with Gasteiger partial charge in [0.25, 0.3) is 5.69 Å². The molecule has 7 nitrogen and oxygen atoms in total. The van der Waals surface area contributed by atoms with Gasteiger partial charge in [0.1, 0.15) is 0 Å². The van der Waals surface area contributed by atoms with Crippen LogP contribution in [0.25, 0.3) is 0 Å². The molecule has 0 aliphatic rings. The van der Waals surface area contributed by atoms with Crippen LogP contribution in [0.3, 0.4) is 0 Å². The molecule has 0 saturated carbocycles. The third-order valence-corrected chi connectivity index (χ3v) is 2.82. The van der Waals surface area contributed by atoms with E-state index in [1.54, 1.807) is 0 Å². The van der Waals surface area contributed by atoms with E-state index in [0.717, 1.165) is 12.1 Å². The van der Waals surface area contributed by atoms with Gasteiger partial charge in [0, 0.05) is 18.7 Å². The second kappa shape index (κ2) is 6.53. The number of aromatic carboxylic acids is 1. The van der Waals surface area contributed by atoms with Crippen molar-refractivity contribution in [1.82, 2.24) is 0 Å². The van der Waals surface area contributed by atoms with Crippen LogP contribution >= 0.6 is 0 Å². The number of non-ortho nitro benzene ring substituents is 1. The Kier molecular flexibility index (Phi) is 5.26. The maximum Gasteiger partial charge on any atom is 0.337 e. The fourth-order valence-electron chi connectivity index (χ4n) is 1.99. The Bertz CT molecular complexity index is 537. The van der Waals surface area contributed by atoms with Crippen molar-refractivity contribution in [3.8, 4) is 0 Å². The zero-order chi connectivity index (χ0) is 16.2. The molecule has 1 aromatic rings. The lowest BCUT2D eigenvalue weighted by atomic mass is 9.89. The number of nitrogens with zero attached hydrogens (tertiary/aromatic N) is 1. The third kappa shape index (κ3) is 5.39. The van der Waals surface area contributed by atoms with E-state index in [0.29, 0.717) is 6.42 Å². The largest absolute Gasteiger partial charge is 0.478 e. The van der Waals surface area contributed by atoms with Gasteiger partial charge in [0.05, 0.1) is 22.3 Å². The number of hydrogen-bond donors (Lipinski definition) is 3. The number of nitrogens with one attached hydrogen (secondary N) is 1. The molecule has 21 heavy (non-hydrogen) atoms. The Morgan fingerprint density at radius 1 is 1.43 bits per heavy atom. The number of hydrogen-bond acceptors (Lipinski definition) is 5. The lowest BCUT2D eigenvalue weighted by Crippen LogP contribution is -2.25. The monoisotopic (exact) mass is 296 g/mol. The van der Waals surface area contributed by atoms with Crippen molar-refractivity contribution in [2.75, 3.05) is 11.9 Å². The summed E-state index contributed by atoms with van der Waals surface area (Å²) in [6, 6.07) is 3.48. The zero-order valence-corrected chi connectivity index (χ0v) is 12.3. The summed E-state index contributed by atoms with van der Waals surface area (Å²) in [6.45, 7) is 6.06. The highest BCUT2D eigenvalue weighted by Crippen LogP contribution is 2.24. The molecule has 0 fully saturated rings. The summed E-state index contributed by atoms with van der Waals surface area (Å²) in [5, 5.41) is 32.5. The van der Waals surface area contributed by atoms with Crippen LogP contribution in [0.4, 0.5) is 11.4 Å². The summed E-state index contributed by atoms with van der Waals surface area (Å²) < 4.78 is 0. The van der Waals surface area contributed by atoms with Gasteiger partial charge in [-0.3, -0.25) is 10.1 Å². The maximum absolute atomic E-state index is 11.1. The Balaban J connectivity index is 2.87.